The molecule has 7 heteroatoms. The van der Waals surface area contributed by atoms with Gasteiger partial charge >= 0.3 is 0 Å². The number of rotatable bonds is 5. The second kappa shape index (κ2) is 7.24. The van der Waals surface area contributed by atoms with E-state index in [-0.39, 0.29) is 49.2 Å². The lowest BCUT2D eigenvalue weighted by molar-refractivity contribution is -0.124. The van der Waals surface area contributed by atoms with Crippen molar-refractivity contribution in [2.45, 2.75) is 20.3 Å². The second-order valence-corrected chi connectivity index (χ2v) is 5.85. The molecule has 1 aromatic rings. The number of Topliss-reactive ketones (excluding diaryl/α,β-unsaturated/α-hetero) is 1. The maximum atomic E-state index is 11.7. The highest BCUT2D eigenvalue weighted by Gasteiger charge is 2.21. The first-order valence-corrected chi connectivity index (χ1v) is 7.37. The van der Waals surface area contributed by atoms with Crippen LogP contribution in [0.2, 0.25) is 25.1 Å². The minimum atomic E-state index is -0.150. The summed E-state index contributed by atoms with van der Waals surface area (Å²) in [7, 11) is 0. The normalized spacial score (nSPS) is 12.4. The lowest BCUT2D eigenvalue weighted by atomic mass is 10.1. The highest BCUT2D eigenvalue weighted by atomic mass is 35.5. The van der Waals surface area contributed by atoms with Gasteiger partial charge in [-0.05, 0) is 6.42 Å². The van der Waals surface area contributed by atoms with Gasteiger partial charge < -0.3 is 4.74 Å². The third-order valence-electron chi connectivity index (χ3n) is 2.69. The Bertz CT molecular complexity index is 472. The van der Waals surface area contributed by atoms with Crippen LogP contribution in [-0.4, -0.2) is 12.4 Å². The highest BCUT2D eigenvalue weighted by molar-refractivity contribution is 6.55. The van der Waals surface area contributed by atoms with E-state index in [0.29, 0.717) is 0 Å². The van der Waals surface area contributed by atoms with Crippen molar-refractivity contribution < 1.29 is 9.53 Å². The second-order valence-electron chi connectivity index (χ2n) is 3.96. The Morgan fingerprint density at radius 1 is 1.00 bits per heavy atom. The van der Waals surface area contributed by atoms with Crippen molar-refractivity contribution in [3.8, 4) is 5.75 Å². The highest BCUT2D eigenvalue weighted by Crippen LogP contribution is 2.48. The van der Waals surface area contributed by atoms with E-state index >= 15 is 0 Å². The van der Waals surface area contributed by atoms with E-state index in [9.17, 15) is 4.79 Å². The van der Waals surface area contributed by atoms with Gasteiger partial charge in [0.15, 0.2) is 11.5 Å². The van der Waals surface area contributed by atoms with Crippen molar-refractivity contribution in [3.05, 3.63) is 25.1 Å². The van der Waals surface area contributed by atoms with Crippen LogP contribution in [0.4, 0.5) is 0 Å². The first-order chi connectivity index (χ1) is 8.81. The van der Waals surface area contributed by atoms with Gasteiger partial charge in [0.05, 0.1) is 15.1 Å². The van der Waals surface area contributed by atoms with Gasteiger partial charge in [-0.15, -0.1) is 0 Å². The fourth-order valence-corrected chi connectivity index (χ4v) is 2.45. The van der Waals surface area contributed by atoms with Crippen LogP contribution in [0.3, 0.4) is 0 Å². The standard InChI is InChI=1S/C12H11Cl5O2/c1-3-5(2)6(18)4-19-12-10(16)8(14)7(13)9(15)11(12)17/h5H,3-4H2,1-2H3. The lowest BCUT2D eigenvalue weighted by Gasteiger charge is -2.14. The van der Waals surface area contributed by atoms with Crippen LogP contribution in [0.15, 0.2) is 0 Å². The Labute approximate surface area is 136 Å². The Balaban J connectivity index is 3.00. The van der Waals surface area contributed by atoms with E-state index in [1.54, 1.807) is 0 Å². The van der Waals surface area contributed by atoms with Crippen molar-refractivity contribution in [2.24, 2.45) is 5.92 Å². The summed E-state index contributed by atoms with van der Waals surface area (Å²) in [5.74, 6) is -0.0907. The zero-order chi connectivity index (χ0) is 14.7. The molecule has 0 spiro atoms. The molecule has 19 heavy (non-hydrogen) atoms. The summed E-state index contributed by atoms with van der Waals surface area (Å²) >= 11 is 29.6. The minimum Gasteiger partial charge on any atom is -0.483 e. The van der Waals surface area contributed by atoms with Crippen LogP contribution in [0.1, 0.15) is 20.3 Å². The quantitative estimate of drug-likeness (QED) is 0.477. The van der Waals surface area contributed by atoms with E-state index in [1.807, 2.05) is 13.8 Å². The number of carbonyl (C=O) groups excluding carboxylic acids is 1. The fourth-order valence-electron chi connectivity index (χ4n) is 1.22. The third-order valence-corrected chi connectivity index (χ3v) is 4.93. The predicted molar refractivity (Wildman–Crippen MR) is 81.4 cm³/mol. The first kappa shape index (κ1) is 17.2. The van der Waals surface area contributed by atoms with Gasteiger partial charge in [0, 0.05) is 5.92 Å². The van der Waals surface area contributed by atoms with E-state index in [1.165, 1.54) is 0 Å². The molecule has 1 aromatic carbocycles. The van der Waals surface area contributed by atoms with Gasteiger partial charge in [-0.25, -0.2) is 0 Å². The summed E-state index contributed by atoms with van der Waals surface area (Å²) in [6.45, 7) is 3.58. The van der Waals surface area contributed by atoms with Crippen LogP contribution in [0.25, 0.3) is 0 Å². The Morgan fingerprint density at radius 2 is 1.42 bits per heavy atom. The van der Waals surface area contributed by atoms with Crippen molar-refractivity contribution >= 4 is 63.8 Å². The monoisotopic (exact) mass is 362 g/mol. The SMILES string of the molecule is CCC(C)C(=O)COc1c(Cl)c(Cl)c(Cl)c(Cl)c1Cl. The Hall–Kier alpha value is 0.140. The largest absolute Gasteiger partial charge is 0.483 e. The number of benzene rings is 1. The molecule has 106 valence electrons. The molecular weight excluding hydrogens is 353 g/mol. The van der Waals surface area contributed by atoms with Crippen molar-refractivity contribution in [3.63, 3.8) is 0 Å². The molecule has 2 nitrogen and oxygen atoms in total. The molecule has 1 unspecified atom stereocenters. The zero-order valence-electron chi connectivity index (χ0n) is 10.2. The van der Waals surface area contributed by atoms with Gasteiger partial charge in [0.25, 0.3) is 0 Å². The molecule has 0 fully saturated rings. The number of halogens is 5. The molecule has 1 atom stereocenters. The minimum absolute atomic E-state index is 0.0398. The molecule has 0 bridgehead atoms. The van der Waals surface area contributed by atoms with E-state index < -0.39 is 0 Å². The van der Waals surface area contributed by atoms with Gasteiger partial charge in [-0.2, -0.15) is 0 Å². The smallest absolute Gasteiger partial charge is 0.172 e. The summed E-state index contributed by atoms with van der Waals surface area (Å²) < 4.78 is 5.33. The maximum absolute atomic E-state index is 11.7. The predicted octanol–water partition coefficient (Wildman–Crippen LogP) is 5.95. The molecule has 0 amide bonds. The molecule has 0 saturated heterocycles. The Morgan fingerprint density at radius 3 is 1.84 bits per heavy atom. The average Bonchev–Trinajstić information content (AvgIpc) is 2.41. The maximum Gasteiger partial charge on any atom is 0.172 e. The summed E-state index contributed by atoms with van der Waals surface area (Å²) in [4.78, 5) is 11.7. The van der Waals surface area contributed by atoms with Gasteiger partial charge in [-0.1, -0.05) is 71.9 Å². The topological polar surface area (TPSA) is 26.3 Å². The van der Waals surface area contributed by atoms with Gasteiger partial charge in [-0.3, -0.25) is 4.79 Å². The number of ketones is 1. The fraction of sp³-hybridized carbons (Fsp3) is 0.417. The summed E-state index contributed by atoms with van der Waals surface area (Å²) in [6.07, 6.45) is 0.728. The summed E-state index contributed by atoms with van der Waals surface area (Å²) in [5, 5.41) is 0.224. The van der Waals surface area contributed by atoms with Crippen molar-refractivity contribution in [2.75, 3.05) is 6.61 Å². The van der Waals surface area contributed by atoms with Crippen LogP contribution in [-0.2, 0) is 4.79 Å². The average molecular weight is 364 g/mol. The first-order valence-electron chi connectivity index (χ1n) is 5.48. The molecule has 0 aliphatic rings. The lowest BCUT2D eigenvalue weighted by Crippen LogP contribution is -2.18. The van der Waals surface area contributed by atoms with E-state index in [2.05, 4.69) is 0 Å². The molecule has 0 heterocycles. The van der Waals surface area contributed by atoms with E-state index in [4.69, 9.17) is 62.7 Å². The van der Waals surface area contributed by atoms with Crippen molar-refractivity contribution in [1.82, 2.24) is 0 Å². The van der Waals surface area contributed by atoms with E-state index in [0.717, 1.165) is 6.42 Å². The third kappa shape index (κ3) is 3.83. The number of ether oxygens (including phenoxy) is 1. The summed E-state index contributed by atoms with van der Waals surface area (Å²) in [6, 6.07) is 0. The Kier molecular flexibility index (Phi) is 6.55. The van der Waals surface area contributed by atoms with Crippen molar-refractivity contribution in [1.29, 1.82) is 0 Å². The molecule has 0 saturated carbocycles. The molecule has 0 radical (unpaired) electrons. The molecule has 0 aliphatic heterocycles. The zero-order valence-corrected chi connectivity index (χ0v) is 14.0. The van der Waals surface area contributed by atoms with Crippen LogP contribution >= 0.6 is 58.0 Å². The molecule has 1 rings (SSSR count). The van der Waals surface area contributed by atoms with Crippen LogP contribution < -0.4 is 4.74 Å². The molecule has 0 N–H and O–H groups in total. The summed E-state index contributed by atoms with van der Waals surface area (Å²) in [5.41, 5.74) is 0. The molecule has 0 aliphatic carbocycles. The number of hydrogen-bond donors (Lipinski definition) is 0. The van der Waals surface area contributed by atoms with Gasteiger partial charge in [0.2, 0.25) is 0 Å². The van der Waals surface area contributed by atoms with Crippen LogP contribution in [0.5, 0.6) is 5.75 Å². The number of hydrogen-bond acceptors (Lipinski definition) is 2. The molecular formula is C12H11Cl5O2. The van der Waals surface area contributed by atoms with Crippen LogP contribution in [0, 0.1) is 5.92 Å². The number of carbonyl (C=O) groups is 1. The molecule has 0 aromatic heterocycles. The van der Waals surface area contributed by atoms with Gasteiger partial charge in [0.1, 0.15) is 16.7 Å².